The number of fused-ring (bicyclic) bond motifs is 1. The van der Waals surface area contributed by atoms with Gasteiger partial charge in [-0.15, -0.1) is 0 Å². The zero-order chi connectivity index (χ0) is 24.5. The van der Waals surface area contributed by atoms with Crippen LogP contribution in [-0.4, -0.2) is 10.5 Å². The van der Waals surface area contributed by atoms with Gasteiger partial charge in [-0.25, -0.2) is 4.99 Å². The highest BCUT2D eigenvalue weighted by atomic mass is 35.5. The number of para-hydroxylation sites is 1. The molecule has 4 aromatic rings. The van der Waals surface area contributed by atoms with E-state index >= 15 is 0 Å². The predicted octanol–water partition coefficient (Wildman–Crippen LogP) is 5.18. The number of benzene rings is 3. The summed E-state index contributed by atoms with van der Waals surface area (Å²) in [4.78, 5) is 32.3. The maximum atomic E-state index is 13.7. The van der Waals surface area contributed by atoms with Gasteiger partial charge in [-0.05, 0) is 42.3 Å². The van der Waals surface area contributed by atoms with E-state index in [4.69, 9.17) is 23.2 Å². The number of aromatic nitrogens is 1. The summed E-state index contributed by atoms with van der Waals surface area (Å²) in [5, 5.41) is 3.73. The molecule has 0 saturated carbocycles. The molecule has 1 aliphatic rings. The lowest BCUT2D eigenvalue weighted by molar-refractivity contribution is -0.113. The van der Waals surface area contributed by atoms with Crippen LogP contribution >= 0.6 is 34.5 Å². The van der Waals surface area contributed by atoms with Crippen molar-refractivity contribution in [1.82, 2.24) is 4.57 Å². The van der Waals surface area contributed by atoms with E-state index in [1.807, 2.05) is 60.7 Å². The Morgan fingerprint density at radius 1 is 1.00 bits per heavy atom. The molecular formula is C27H19Cl2N3O2S. The molecule has 0 unspecified atom stereocenters. The molecule has 0 bridgehead atoms. The second kappa shape index (κ2) is 9.66. The van der Waals surface area contributed by atoms with Crippen molar-refractivity contribution in [3.8, 4) is 0 Å². The van der Waals surface area contributed by atoms with Gasteiger partial charge in [-0.1, -0.05) is 95.2 Å². The van der Waals surface area contributed by atoms with Gasteiger partial charge < -0.3 is 5.32 Å². The molecule has 1 aliphatic heterocycles. The Hall–Kier alpha value is -3.45. The van der Waals surface area contributed by atoms with Crippen LogP contribution in [0.1, 0.15) is 24.1 Å². The topological polar surface area (TPSA) is 63.5 Å². The molecule has 1 N–H and O–H groups in total. The number of carbonyl (C=O) groups excluding carboxylic acids is 1. The smallest absolute Gasteiger partial charge is 0.271 e. The summed E-state index contributed by atoms with van der Waals surface area (Å²) in [5.74, 6) is -0.307. The Bertz CT molecular complexity index is 1640. The first-order valence-electron chi connectivity index (χ1n) is 10.8. The number of halogens is 2. The van der Waals surface area contributed by atoms with E-state index in [1.54, 1.807) is 35.8 Å². The number of nitrogens with zero attached hydrogens (tertiary/aromatic N) is 2. The lowest BCUT2D eigenvalue weighted by Gasteiger charge is -2.25. The molecule has 1 aromatic heterocycles. The van der Waals surface area contributed by atoms with Crippen molar-refractivity contribution in [2.24, 2.45) is 4.99 Å². The van der Waals surface area contributed by atoms with Crippen molar-refractivity contribution < 1.29 is 4.79 Å². The number of carbonyl (C=O) groups is 1. The van der Waals surface area contributed by atoms with Crippen molar-refractivity contribution in [3.05, 3.63) is 131 Å². The van der Waals surface area contributed by atoms with Crippen molar-refractivity contribution in [3.63, 3.8) is 0 Å². The van der Waals surface area contributed by atoms with Crippen LogP contribution in [0.4, 0.5) is 5.69 Å². The molecule has 0 fully saturated rings. The third-order valence-corrected chi connectivity index (χ3v) is 7.50. The summed E-state index contributed by atoms with van der Waals surface area (Å²) in [6, 6.07) is 23.3. The van der Waals surface area contributed by atoms with Crippen LogP contribution in [-0.2, 0) is 4.79 Å². The Balaban J connectivity index is 1.69. The van der Waals surface area contributed by atoms with E-state index in [9.17, 15) is 9.59 Å². The van der Waals surface area contributed by atoms with Crippen LogP contribution < -0.4 is 20.2 Å². The minimum atomic E-state index is -0.631. The molecule has 8 heteroatoms. The lowest BCUT2D eigenvalue weighted by Crippen LogP contribution is -2.40. The SMILES string of the molecule is CC1=C(C(=O)Nc2ccccc2)[C@@H](c2ccccc2)n2c(s/c(=C\c3cccc(Cl)c3Cl)c2=O)=N1. The van der Waals surface area contributed by atoms with Gasteiger partial charge in [-0.3, -0.25) is 14.2 Å². The van der Waals surface area contributed by atoms with Crippen molar-refractivity contribution in [2.75, 3.05) is 5.32 Å². The summed E-state index contributed by atoms with van der Waals surface area (Å²) >= 11 is 13.8. The number of hydrogen-bond acceptors (Lipinski definition) is 4. The first-order valence-corrected chi connectivity index (χ1v) is 12.4. The third kappa shape index (κ3) is 4.48. The van der Waals surface area contributed by atoms with Crippen LogP contribution in [0, 0.1) is 0 Å². The fourth-order valence-electron chi connectivity index (χ4n) is 4.06. The maximum Gasteiger partial charge on any atom is 0.271 e. The molecule has 5 rings (SSSR count). The standard InChI is InChI=1S/C27H19Cl2N3O2S/c1-16-22(25(33)31-19-12-6-3-7-13-19)24(17-9-4-2-5-10-17)32-26(34)21(35-27(32)30-16)15-18-11-8-14-20(28)23(18)29/h2-15,24H,1H3,(H,31,33)/b21-15-/t24-/m1/s1. The fourth-order valence-corrected chi connectivity index (χ4v) is 5.46. The molecule has 0 saturated heterocycles. The number of hydrogen-bond donors (Lipinski definition) is 1. The van der Waals surface area contributed by atoms with Crippen LogP contribution in [0.2, 0.25) is 10.0 Å². The number of anilines is 1. The molecular weight excluding hydrogens is 501 g/mol. The normalized spacial score (nSPS) is 15.5. The van der Waals surface area contributed by atoms with Crippen LogP contribution in [0.25, 0.3) is 6.08 Å². The van der Waals surface area contributed by atoms with Gasteiger partial charge >= 0.3 is 0 Å². The summed E-state index contributed by atoms with van der Waals surface area (Å²) in [7, 11) is 0. The molecule has 0 spiro atoms. The van der Waals surface area contributed by atoms with Gasteiger partial charge in [-0.2, -0.15) is 0 Å². The number of allylic oxidation sites excluding steroid dienone is 1. The zero-order valence-corrected chi connectivity index (χ0v) is 20.9. The van der Waals surface area contributed by atoms with Gasteiger partial charge in [0.25, 0.3) is 11.5 Å². The second-order valence-corrected chi connectivity index (χ2v) is 9.75. The van der Waals surface area contributed by atoms with Crippen molar-refractivity contribution in [1.29, 1.82) is 0 Å². The highest BCUT2D eigenvalue weighted by Gasteiger charge is 2.32. The Labute approximate surface area is 215 Å². The molecule has 0 aliphatic carbocycles. The number of amides is 1. The number of rotatable bonds is 4. The van der Waals surface area contributed by atoms with E-state index in [1.165, 1.54) is 11.3 Å². The number of nitrogens with one attached hydrogen (secondary N) is 1. The van der Waals surface area contributed by atoms with Crippen molar-refractivity contribution in [2.45, 2.75) is 13.0 Å². The molecule has 174 valence electrons. The van der Waals surface area contributed by atoms with Gasteiger partial charge in [0.15, 0.2) is 4.80 Å². The highest BCUT2D eigenvalue weighted by molar-refractivity contribution is 7.07. The van der Waals surface area contributed by atoms with E-state index in [2.05, 4.69) is 10.3 Å². The second-order valence-electron chi connectivity index (χ2n) is 7.96. The zero-order valence-electron chi connectivity index (χ0n) is 18.5. The monoisotopic (exact) mass is 519 g/mol. The first kappa shape index (κ1) is 23.3. The van der Waals surface area contributed by atoms with E-state index < -0.39 is 6.04 Å². The molecule has 5 nitrogen and oxygen atoms in total. The minimum absolute atomic E-state index is 0.254. The van der Waals surface area contributed by atoms with Gasteiger partial charge in [0.1, 0.15) is 0 Å². The Morgan fingerprint density at radius 3 is 2.40 bits per heavy atom. The largest absolute Gasteiger partial charge is 0.322 e. The Morgan fingerprint density at radius 2 is 1.69 bits per heavy atom. The van der Waals surface area contributed by atoms with Gasteiger partial charge in [0, 0.05) is 5.69 Å². The average molecular weight is 520 g/mol. The molecule has 35 heavy (non-hydrogen) atoms. The average Bonchev–Trinajstić information content (AvgIpc) is 3.16. The van der Waals surface area contributed by atoms with Crippen LogP contribution in [0.5, 0.6) is 0 Å². The molecule has 0 radical (unpaired) electrons. The molecule has 1 amide bonds. The van der Waals surface area contributed by atoms with Gasteiger partial charge in [0.05, 0.1) is 31.9 Å². The fraction of sp³-hybridized carbons (Fsp3) is 0.0741. The van der Waals surface area contributed by atoms with Crippen LogP contribution in [0.15, 0.2) is 99.9 Å². The van der Waals surface area contributed by atoms with E-state index in [-0.39, 0.29) is 11.5 Å². The van der Waals surface area contributed by atoms with E-state index in [0.29, 0.717) is 41.9 Å². The lowest BCUT2D eigenvalue weighted by atomic mass is 9.95. The van der Waals surface area contributed by atoms with E-state index in [0.717, 1.165) is 5.56 Å². The summed E-state index contributed by atoms with van der Waals surface area (Å²) in [6.45, 7) is 1.79. The predicted molar refractivity (Wildman–Crippen MR) is 142 cm³/mol. The summed E-state index contributed by atoms with van der Waals surface area (Å²) < 4.78 is 2.03. The van der Waals surface area contributed by atoms with Crippen molar-refractivity contribution >= 4 is 52.2 Å². The molecule has 1 atom stereocenters. The first-order chi connectivity index (χ1) is 16.9. The third-order valence-electron chi connectivity index (χ3n) is 5.68. The minimum Gasteiger partial charge on any atom is -0.322 e. The summed E-state index contributed by atoms with van der Waals surface area (Å²) in [5.41, 5.74) is 2.83. The molecule has 3 aromatic carbocycles. The number of thiazole rings is 1. The maximum absolute atomic E-state index is 13.7. The Kier molecular flexibility index (Phi) is 6.43. The quantitative estimate of drug-likeness (QED) is 0.403. The van der Waals surface area contributed by atoms with Crippen LogP contribution in [0.3, 0.4) is 0 Å². The summed E-state index contributed by atoms with van der Waals surface area (Å²) in [6.07, 6.45) is 1.71. The molecule has 2 heterocycles. The highest BCUT2D eigenvalue weighted by Crippen LogP contribution is 2.31. The van der Waals surface area contributed by atoms with Gasteiger partial charge in [0.2, 0.25) is 0 Å².